The first-order valence-electron chi connectivity index (χ1n) is 8.77. The van der Waals surface area contributed by atoms with Crippen LogP contribution >= 0.6 is 11.8 Å². The predicted molar refractivity (Wildman–Crippen MR) is 104 cm³/mol. The summed E-state index contributed by atoms with van der Waals surface area (Å²) in [6.45, 7) is 0. The van der Waals surface area contributed by atoms with Crippen molar-refractivity contribution in [3.05, 3.63) is 30.7 Å². The van der Waals surface area contributed by atoms with Crippen LogP contribution in [-0.2, 0) is 7.05 Å². The van der Waals surface area contributed by atoms with Gasteiger partial charge in [0.05, 0.1) is 12.0 Å². The van der Waals surface area contributed by atoms with E-state index in [9.17, 15) is 13.2 Å². The zero-order chi connectivity index (χ0) is 19.9. The van der Waals surface area contributed by atoms with E-state index in [1.54, 1.807) is 42.0 Å². The highest BCUT2D eigenvalue weighted by molar-refractivity contribution is 7.98. The van der Waals surface area contributed by atoms with Crippen LogP contribution in [0, 0.1) is 5.92 Å². The molecule has 0 saturated heterocycles. The quantitative estimate of drug-likeness (QED) is 0.582. The number of aryl methyl sites for hydroxylation is 1. The predicted octanol–water partition coefficient (Wildman–Crippen LogP) is 4.58. The highest BCUT2D eigenvalue weighted by Crippen LogP contribution is 2.42. The monoisotopic (exact) mass is 408 g/mol. The minimum absolute atomic E-state index is 0.161. The van der Waals surface area contributed by atoms with E-state index in [1.807, 2.05) is 18.4 Å². The Morgan fingerprint density at radius 3 is 2.61 bits per heavy atom. The Balaban J connectivity index is 1.69. The smallest absolute Gasteiger partial charge is 0.358 e. The number of nitrogens with one attached hydrogen (secondary N) is 2. The second kappa shape index (κ2) is 7.16. The molecule has 2 N–H and O–H groups in total. The van der Waals surface area contributed by atoms with Crippen molar-refractivity contribution >= 4 is 40.2 Å². The number of pyridine rings is 2. The topological polar surface area (TPSA) is 67.7 Å². The van der Waals surface area contributed by atoms with Gasteiger partial charge >= 0.3 is 6.18 Å². The zero-order valence-corrected chi connectivity index (χ0v) is 16.1. The van der Waals surface area contributed by atoms with Gasteiger partial charge in [0.15, 0.2) is 5.65 Å². The van der Waals surface area contributed by atoms with E-state index in [0.29, 0.717) is 35.5 Å². The van der Waals surface area contributed by atoms with Gasteiger partial charge in [0.2, 0.25) is 0 Å². The average Bonchev–Trinajstić information content (AvgIpc) is 3.43. The van der Waals surface area contributed by atoms with Crippen molar-refractivity contribution in [2.24, 2.45) is 13.0 Å². The molecule has 0 aliphatic heterocycles. The van der Waals surface area contributed by atoms with Crippen LogP contribution < -0.4 is 10.6 Å². The Bertz CT molecular complexity index is 981. The summed E-state index contributed by atoms with van der Waals surface area (Å²) in [5.41, 5.74) is 1.61. The van der Waals surface area contributed by atoms with Gasteiger partial charge in [-0.3, -0.25) is 0 Å². The number of halogens is 3. The number of anilines is 3. The first-order chi connectivity index (χ1) is 13.3. The maximum Gasteiger partial charge on any atom is 0.408 e. The number of imidazole rings is 1. The van der Waals surface area contributed by atoms with Crippen LogP contribution in [0.15, 0.2) is 35.6 Å². The Kier molecular flexibility index (Phi) is 4.82. The van der Waals surface area contributed by atoms with Crippen LogP contribution in [0.5, 0.6) is 0 Å². The number of thioether (sulfide) groups is 1. The lowest BCUT2D eigenvalue weighted by atomic mass is 10.1. The fourth-order valence-corrected chi connectivity index (χ4v) is 3.40. The summed E-state index contributed by atoms with van der Waals surface area (Å²) in [7, 11) is 1.75. The minimum Gasteiger partial charge on any atom is -0.358 e. The highest BCUT2D eigenvalue weighted by atomic mass is 32.2. The van der Waals surface area contributed by atoms with Gasteiger partial charge in [-0.2, -0.15) is 13.2 Å². The van der Waals surface area contributed by atoms with Crippen molar-refractivity contribution in [1.82, 2.24) is 19.5 Å². The summed E-state index contributed by atoms with van der Waals surface area (Å²) in [6.07, 6.45) is 2.09. The molecule has 148 valence electrons. The van der Waals surface area contributed by atoms with Crippen LogP contribution in [0.25, 0.3) is 11.2 Å². The number of nitrogens with zero attached hydrogens (tertiary/aromatic N) is 4. The molecule has 0 spiro atoms. The Labute approximate surface area is 164 Å². The molecular formula is C18H19F3N6S. The van der Waals surface area contributed by atoms with E-state index < -0.39 is 18.1 Å². The number of rotatable bonds is 6. The van der Waals surface area contributed by atoms with Crippen molar-refractivity contribution in [2.45, 2.75) is 30.0 Å². The van der Waals surface area contributed by atoms with E-state index >= 15 is 0 Å². The van der Waals surface area contributed by atoms with Gasteiger partial charge in [0.25, 0.3) is 0 Å². The largest absolute Gasteiger partial charge is 0.408 e. The van der Waals surface area contributed by atoms with E-state index in [1.165, 1.54) is 0 Å². The lowest BCUT2D eigenvalue weighted by molar-refractivity contribution is -0.146. The van der Waals surface area contributed by atoms with Gasteiger partial charge in [0.1, 0.15) is 23.2 Å². The molecule has 1 atom stereocenters. The second-order valence-electron chi connectivity index (χ2n) is 6.79. The zero-order valence-electron chi connectivity index (χ0n) is 15.3. The van der Waals surface area contributed by atoms with Crippen molar-refractivity contribution in [3.8, 4) is 0 Å². The molecule has 0 amide bonds. The lowest BCUT2D eigenvalue weighted by Crippen LogP contribution is -2.38. The molecule has 3 aromatic heterocycles. The Morgan fingerprint density at radius 2 is 2.00 bits per heavy atom. The molecule has 28 heavy (non-hydrogen) atoms. The Hall–Kier alpha value is -2.49. The molecule has 1 fully saturated rings. The van der Waals surface area contributed by atoms with E-state index in [4.69, 9.17) is 0 Å². The van der Waals surface area contributed by atoms with Gasteiger partial charge < -0.3 is 15.2 Å². The van der Waals surface area contributed by atoms with Crippen LogP contribution in [0.2, 0.25) is 0 Å². The van der Waals surface area contributed by atoms with E-state index in [0.717, 1.165) is 4.90 Å². The lowest BCUT2D eigenvalue weighted by Gasteiger charge is -2.22. The molecule has 10 heteroatoms. The molecule has 6 nitrogen and oxygen atoms in total. The summed E-state index contributed by atoms with van der Waals surface area (Å²) in [5, 5.41) is 5.74. The number of hydrogen-bond acceptors (Lipinski definition) is 6. The highest BCUT2D eigenvalue weighted by Gasteiger charge is 2.49. The molecule has 0 aromatic carbocycles. The fraction of sp³-hybridized carbons (Fsp3) is 0.389. The molecule has 4 rings (SSSR count). The van der Waals surface area contributed by atoms with Gasteiger partial charge in [-0.1, -0.05) is 0 Å². The van der Waals surface area contributed by atoms with Gasteiger partial charge in [0, 0.05) is 24.2 Å². The Morgan fingerprint density at radius 1 is 1.21 bits per heavy atom. The summed E-state index contributed by atoms with van der Waals surface area (Å²) >= 11 is 1.58. The SMILES string of the molecule is CSc1ccc(Nc2cc(NC(C3CC3)C(F)(F)F)nc3c2ncn3C)nc1. The summed E-state index contributed by atoms with van der Waals surface area (Å²) in [4.78, 5) is 14.0. The molecule has 3 aromatic rings. The number of fused-ring (bicyclic) bond motifs is 1. The number of aromatic nitrogens is 4. The van der Waals surface area contributed by atoms with Gasteiger partial charge in [-0.25, -0.2) is 15.0 Å². The van der Waals surface area contributed by atoms with Gasteiger partial charge in [-0.15, -0.1) is 11.8 Å². The van der Waals surface area contributed by atoms with Crippen LogP contribution in [0.3, 0.4) is 0 Å². The molecule has 1 aliphatic carbocycles. The molecule has 0 bridgehead atoms. The van der Waals surface area contributed by atoms with Crippen molar-refractivity contribution < 1.29 is 13.2 Å². The van der Waals surface area contributed by atoms with Crippen molar-refractivity contribution in [3.63, 3.8) is 0 Å². The average molecular weight is 408 g/mol. The molecule has 1 aliphatic rings. The summed E-state index contributed by atoms with van der Waals surface area (Å²) in [5.74, 6) is 0.339. The summed E-state index contributed by atoms with van der Waals surface area (Å²) < 4.78 is 41.9. The second-order valence-corrected chi connectivity index (χ2v) is 7.67. The van der Waals surface area contributed by atoms with Crippen molar-refractivity contribution in [1.29, 1.82) is 0 Å². The molecule has 1 saturated carbocycles. The van der Waals surface area contributed by atoms with Crippen molar-refractivity contribution in [2.75, 3.05) is 16.9 Å². The normalized spacial score (nSPS) is 15.6. The maximum absolute atomic E-state index is 13.4. The standard InChI is InChI=1S/C18H19F3N6S/c1-27-9-23-15-12(24-13-6-5-11(28-2)8-22-13)7-14(26-17(15)27)25-16(10-3-4-10)18(19,20)21/h5-10,16H,3-4H2,1-2H3,(H2,22,24,25,26). The van der Waals surface area contributed by atoms with E-state index in [2.05, 4.69) is 25.6 Å². The first kappa shape index (κ1) is 18.9. The molecule has 3 heterocycles. The molecule has 0 radical (unpaired) electrons. The van der Waals surface area contributed by atoms with E-state index in [-0.39, 0.29) is 5.82 Å². The molecule has 1 unspecified atom stereocenters. The first-order valence-corrected chi connectivity index (χ1v) is 10.00. The fourth-order valence-electron chi connectivity index (χ4n) is 3.04. The number of alkyl halides is 3. The van der Waals surface area contributed by atoms with Gasteiger partial charge in [-0.05, 0) is 37.1 Å². The van der Waals surface area contributed by atoms with Crippen LogP contribution in [0.1, 0.15) is 12.8 Å². The number of hydrogen-bond donors (Lipinski definition) is 2. The minimum atomic E-state index is -4.33. The van der Waals surface area contributed by atoms with Crippen LogP contribution in [0.4, 0.5) is 30.5 Å². The third-order valence-electron chi connectivity index (χ3n) is 4.65. The third-order valence-corrected chi connectivity index (χ3v) is 5.37. The maximum atomic E-state index is 13.4. The molecular weight excluding hydrogens is 389 g/mol. The third kappa shape index (κ3) is 3.87. The summed E-state index contributed by atoms with van der Waals surface area (Å²) in [6, 6.07) is 3.69. The van der Waals surface area contributed by atoms with Crippen LogP contribution in [-0.4, -0.2) is 38.0 Å².